The molecule has 0 saturated carbocycles. The summed E-state index contributed by atoms with van der Waals surface area (Å²) in [6.07, 6.45) is 0.713. The number of hydrogen-bond acceptors (Lipinski definition) is 4. The third kappa shape index (κ3) is 3.03. The monoisotopic (exact) mass is 287 g/mol. The molecule has 0 amide bonds. The molecule has 0 aliphatic carbocycles. The number of benzene rings is 1. The van der Waals surface area contributed by atoms with Crippen molar-refractivity contribution in [1.29, 1.82) is 0 Å². The number of H-pyrrole nitrogens is 1. The van der Waals surface area contributed by atoms with Crippen molar-refractivity contribution >= 4 is 12.1 Å². The zero-order valence-electron chi connectivity index (χ0n) is 12.0. The standard InChI is InChI=1S/C16H17NO4/c1-10-15(11(2)20)16(14(9-19)17-10)12-3-5-13(6-4-12)21-8-7-18/h3-6,9,17-18H,7-8H2,1-2H3. The molecule has 2 rings (SSSR count). The number of aryl methyl sites for hydroxylation is 1. The van der Waals surface area contributed by atoms with E-state index >= 15 is 0 Å². The summed E-state index contributed by atoms with van der Waals surface area (Å²) in [6.45, 7) is 3.42. The first-order valence-corrected chi connectivity index (χ1v) is 6.61. The van der Waals surface area contributed by atoms with Gasteiger partial charge in [-0.15, -0.1) is 0 Å². The molecule has 2 aromatic rings. The van der Waals surface area contributed by atoms with Crippen LogP contribution in [0.3, 0.4) is 0 Å². The van der Waals surface area contributed by atoms with Gasteiger partial charge in [-0.2, -0.15) is 0 Å². The van der Waals surface area contributed by atoms with Gasteiger partial charge in [-0.05, 0) is 31.5 Å². The van der Waals surface area contributed by atoms with Gasteiger partial charge in [-0.3, -0.25) is 9.59 Å². The van der Waals surface area contributed by atoms with Crippen LogP contribution in [0.4, 0.5) is 0 Å². The number of Topliss-reactive ketones (excluding diaryl/α,β-unsaturated/α-hetero) is 1. The van der Waals surface area contributed by atoms with Gasteiger partial charge in [-0.25, -0.2) is 0 Å². The Morgan fingerprint density at radius 3 is 2.52 bits per heavy atom. The Bertz CT molecular complexity index is 656. The number of aromatic amines is 1. The number of hydrogen-bond donors (Lipinski definition) is 2. The van der Waals surface area contributed by atoms with Gasteiger partial charge < -0.3 is 14.8 Å². The van der Waals surface area contributed by atoms with E-state index in [0.29, 0.717) is 34.6 Å². The molecule has 0 aliphatic rings. The molecular weight excluding hydrogens is 270 g/mol. The number of aliphatic hydroxyl groups is 1. The zero-order valence-corrected chi connectivity index (χ0v) is 12.0. The molecule has 0 aliphatic heterocycles. The van der Waals surface area contributed by atoms with E-state index in [1.54, 1.807) is 31.2 Å². The summed E-state index contributed by atoms with van der Waals surface area (Å²) in [5, 5.41) is 8.72. The van der Waals surface area contributed by atoms with Gasteiger partial charge in [0.2, 0.25) is 0 Å². The van der Waals surface area contributed by atoms with Gasteiger partial charge >= 0.3 is 0 Å². The Morgan fingerprint density at radius 1 is 1.33 bits per heavy atom. The number of aromatic nitrogens is 1. The molecule has 2 N–H and O–H groups in total. The van der Waals surface area contributed by atoms with E-state index < -0.39 is 0 Å². The number of nitrogens with one attached hydrogen (secondary N) is 1. The third-order valence-electron chi connectivity index (χ3n) is 3.19. The highest BCUT2D eigenvalue weighted by Gasteiger charge is 2.19. The average molecular weight is 287 g/mol. The van der Waals surface area contributed by atoms with Crippen LogP contribution in [0.5, 0.6) is 5.75 Å². The van der Waals surface area contributed by atoms with E-state index in [4.69, 9.17) is 9.84 Å². The van der Waals surface area contributed by atoms with E-state index in [-0.39, 0.29) is 19.0 Å². The van der Waals surface area contributed by atoms with Gasteiger partial charge in [0.05, 0.1) is 12.3 Å². The van der Waals surface area contributed by atoms with Crippen molar-refractivity contribution in [3.8, 4) is 16.9 Å². The van der Waals surface area contributed by atoms with Gasteiger partial charge in [0, 0.05) is 16.8 Å². The molecule has 0 atom stereocenters. The highest BCUT2D eigenvalue weighted by atomic mass is 16.5. The predicted molar refractivity (Wildman–Crippen MR) is 78.9 cm³/mol. The van der Waals surface area contributed by atoms with Crippen LogP contribution < -0.4 is 4.74 Å². The van der Waals surface area contributed by atoms with Crippen LogP contribution in [0.15, 0.2) is 24.3 Å². The largest absolute Gasteiger partial charge is 0.491 e. The maximum atomic E-state index is 11.8. The predicted octanol–water partition coefficient (Wildman–Crippen LogP) is 2.38. The highest BCUT2D eigenvalue weighted by Crippen LogP contribution is 2.31. The molecule has 0 saturated heterocycles. The summed E-state index contributed by atoms with van der Waals surface area (Å²) in [6, 6.07) is 7.06. The molecule has 0 radical (unpaired) electrons. The molecule has 21 heavy (non-hydrogen) atoms. The lowest BCUT2D eigenvalue weighted by Crippen LogP contribution is -2.01. The fourth-order valence-electron chi connectivity index (χ4n) is 2.36. The fourth-order valence-corrected chi connectivity index (χ4v) is 2.36. The quantitative estimate of drug-likeness (QED) is 0.631. The van der Waals surface area contributed by atoms with E-state index in [1.165, 1.54) is 6.92 Å². The van der Waals surface area contributed by atoms with Crippen LogP contribution in [0.1, 0.15) is 33.5 Å². The summed E-state index contributed by atoms with van der Waals surface area (Å²) < 4.78 is 5.29. The second-order valence-corrected chi connectivity index (χ2v) is 4.68. The summed E-state index contributed by atoms with van der Waals surface area (Å²) in [4.78, 5) is 26.0. The maximum Gasteiger partial charge on any atom is 0.166 e. The van der Waals surface area contributed by atoms with Crippen molar-refractivity contribution in [2.75, 3.05) is 13.2 Å². The van der Waals surface area contributed by atoms with Crippen molar-refractivity contribution < 1.29 is 19.4 Å². The SMILES string of the molecule is CC(=O)c1c(C)[nH]c(C=O)c1-c1ccc(OCCO)cc1. The summed E-state index contributed by atoms with van der Waals surface area (Å²) >= 11 is 0. The minimum atomic E-state index is -0.0903. The number of aliphatic hydroxyl groups excluding tert-OH is 1. The molecule has 0 fully saturated rings. The Labute approximate surface area is 122 Å². The molecule has 1 aromatic heterocycles. The van der Waals surface area contributed by atoms with Gasteiger partial charge in [0.25, 0.3) is 0 Å². The fraction of sp³-hybridized carbons (Fsp3) is 0.250. The summed E-state index contributed by atoms with van der Waals surface area (Å²) in [7, 11) is 0. The van der Waals surface area contributed by atoms with Crippen molar-refractivity contribution in [3.63, 3.8) is 0 Å². The van der Waals surface area contributed by atoms with Crippen LogP contribution in [0.2, 0.25) is 0 Å². The lowest BCUT2D eigenvalue weighted by molar-refractivity contribution is 0.101. The molecule has 0 spiro atoms. The molecule has 5 heteroatoms. The van der Waals surface area contributed by atoms with Crippen molar-refractivity contribution in [1.82, 2.24) is 4.98 Å². The summed E-state index contributed by atoms with van der Waals surface area (Å²) in [5.74, 6) is 0.532. The molecule has 1 heterocycles. The van der Waals surface area contributed by atoms with Crippen LogP contribution in [0.25, 0.3) is 11.1 Å². The van der Waals surface area contributed by atoms with Crippen molar-refractivity contribution in [2.24, 2.45) is 0 Å². The normalized spacial score (nSPS) is 10.4. The number of ketones is 1. The first-order valence-electron chi connectivity index (χ1n) is 6.61. The van der Waals surface area contributed by atoms with Gasteiger partial charge in [0.15, 0.2) is 12.1 Å². The Morgan fingerprint density at radius 2 is 2.00 bits per heavy atom. The van der Waals surface area contributed by atoms with E-state index in [2.05, 4.69) is 4.98 Å². The number of aldehydes is 1. The first-order chi connectivity index (χ1) is 10.1. The molecule has 1 aromatic carbocycles. The number of rotatable bonds is 6. The highest BCUT2D eigenvalue weighted by molar-refractivity contribution is 6.06. The zero-order chi connectivity index (χ0) is 15.4. The van der Waals surface area contributed by atoms with E-state index in [9.17, 15) is 9.59 Å². The average Bonchev–Trinajstić information content (AvgIpc) is 2.82. The molecule has 5 nitrogen and oxygen atoms in total. The number of carbonyl (C=O) groups is 2. The van der Waals surface area contributed by atoms with Crippen molar-refractivity contribution in [3.05, 3.63) is 41.2 Å². The smallest absolute Gasteiger partial charge is 0.166 e. The van der Waals surface area contributed by atoms with Crippen LogP contribution in [0, 0.1) is 6.92 Å². The van der Waals surface area contributed by atoms with Crippen molar-refractivity contribution in [2.45, 2.75) is 13.8 Å². The molecule has 110 valence electrons. The summed E-state index contributed by atoms with van der Waals surface area (Å²) in [5.41, 5.74) is 2.98. The van der Waals surface area contributed by atoms with Gasteiger partial charge in [0.1, 0.15) is 12.4 Å². The van der Waals surface area contributed by atoms with E-state index in [0.717, 1.165) is 5.56 Å². The second kappa shape index (κ2) is 6.37. The lowest BCUT2D eigenvalue weighted by atomic mass is 9.98. The number of ether oxygens (including phenoxy) is 1. The Hall–Kier alpha value is -2.40. The lowest BCUT2D eigenvalue weighted by Gasteiger charge is -2.07. The van der Waals surface area contributed by atoms with E-state index in [1.807, 2.05) is 0 Å². The van der Waals surface area contributed by atoms with Crippen LogP contribution in [-0.2, 0) is 0 Å². The molecule has 0 bridgehead atoms. The van der Waals surface area contributed by atoms with Gasteiger partial charge in [-0.1, -0.05) is 12.1 Å². The Kier molecular flexibility index (Phi) is 4.55. The molecular formula is C16H17NO4. The second-order valence-electron chi connectivity index (χ2n) is 4.68. The minimum Gasteiger partial charge on any atom is -0.491 e. The topological polar surface area (TPSA) is 79.4 Å². The third-order valence-corrected chi connectivity index (χ3v) is 3.19. The van der Waals surface area contributed by atoms with Crippen LogP contribution >= 0.6 is 0 Å². The minimum absolute atomic E-state index is 0.0530. The van der Waals surface area contributed by atoms with Crippen LogP contribution in [-0.4, -0.2) is 35.4 Å². The Balaban J connectivity index is 2.45. The number of carbonyl (C=O) groups excluding carboxylic acids is 2. The molecule has 0 unspecified atom stereocenters. The maximum absolute atomic E-state index is 11.8. The first kappa shape index (κ1) is 15.0.